The van der Waals surface area contributed by atoms with Crippen LogP contribution in [-0.2, 0) is 4.79 Å². The van der Waals surface area contributed by atoms with Crippen LogP contribution in [0.1, 0.15) is 0 Å². The van der Waals surface area contributed by atoms with E-state index in [0.717, 1.165) is 4.70 Å². The number of para-hydroxylation sites is 1. The molecule has 3 aromatic rings. The first-order chi connectivity index (χ1) is 9.95. The van der Waals surface area contributed by atoms with Gasteiger partial charge in [-0.15, -0.1) is 11.3 Å². The number of hydrogen-bond acceptors (Lipinski definition) is 6. The van der Waals surface area contributed by atoms with E-state index in [4.69, 9.17) is 0 Å². The zero-order valence-electron chi connectivity index (χ0n) is 10.0. The highest BCUT2D eigenvalue weighted by Crippen LogP contribution is 2.32. The van der Waals surface area contributed by atoms with E-state index in [1.165, 1.54) is 11.3 Å². The van der Waals surface area contributed by atoms with E-state index in [9.17, 15) is 18.0 Å². The fraction of sp³-hybridized carbons (Fsp3) is 0.0909. The molecular weight excluding hydrogens is 309 g/mol. The van der Waals surface area contributed by atoms with Crippen LogP contribution in [-0.4, -0.2) is 27.4 Å². The number of rotatable bonds is 2. The van der Waals surface area contributed by atoms with E-state index in [2.05, 4.69) is 19.9 Å². The lowest BCUT2D eigenvalue weighted by Crippen LogP contribution is -2.30. The Balaban J connectivity index is 1.97. The molecule has 0 atom stereocenters. The summed E-state index contributed by atoms with van der Waals surface area (Å²) in [5.74, 6) is -2.57. The predicted molar refractivity (Wildman–Crippen MR) is 67.6 cm³/mol. The van der Waals surface area contributed by atoms with Gasteiger partial charge in [0.15, 0.2) is 10.7 Å². The zero-order valence-corrected chi connectivity index (χ0v) is 10.8. The maximum Gasteiger partial charge on any atom is 0.471 e. The second kappa shape index (κ2) is 4.81. The second-order valence-corrected chi connectivity index (χ2v) is 4.93. The third-order valence-corrected chi connectivity index (χ3v) is 3.52. The average Bonchev–Trinajstić information content (AvgIpc) is 3.02. The number of fused-ring (bicyclic) bond motifs is 1. The van der Waals surface area contributed by atoms with Crippen molar-refractivity contribution in [1.29, 1.82) is 0 Å². The monoisotopic (exact) mass is 314 g/mol. The smallest absolute Gasteiger partial charge is 0.298 e. The van der Waals surface area contributed by atoms with Crippen molar-refractivity contribution in [3.8, 4) is 10.7 Å². The van der Waals surface area contributed by atoms with Crippen LogP contribution < -0.4 is 5.32 Å². The number of halogens is 3. The summed E-state index contributed by atoms with van der Waals surface area (Å²) in [6.07, 6.45) is -5.02. The van der Waals surface area contributed by atoms with Gasteiger partial charge in [0, 0.05) is 0 Å². The number of alkyl halides is 3. The van der Waals surface area contributed by atoms with Crippen LogP contribution in [0.25, 0.3) is 20.9 Å². The van der Waals surface area contributed by atoms with E-state index >= 15 is 0 Å². The molecule has 0 aliphatic heterocycles. The summed E-state index contributed by atoms with van der Waals surface area (Å²) in [6, 6.07) is 7.13. The fourth-order valence-electron chi connectivity index (χ4n) is 1.56. The molecule has 0 fully saturated rings. The number of thiazole rings is 1. The van der Waals surface area contributed by atoms with Crippen LogP contribution in [0, 0.1) is 0 Å². The molecule has 0 radical (unpaired) electrons. The first-order valence-corrected chi connectivity index (χ1v) is 6.33. The molecule has 0 spiro atoms. The molecule has 0 aliphatic rings. The van der Waals surface area contributed by atoms with Crippen molar-refractivity contribution in [3.63, 3.8) is 0 Å². The normalized spacial score (nSPS) is 11.8. The Labute approximate surface area is 118 Å². The topological polar surface area (TPSA) is 80.9 Å². The number of carbonyl (C=O) groups is 1. The van der Waals surface area contributed by atoms with Crippen molar-refractivity contribution in [3.05, 3.63) is 24.3 Å². The van der Waals surface area contributed by atoms with Gasteiger partial charge in [-0.1, -0.05) is 12.1 Å². The van der Waals surface area contributed by atoms with Crippen LogP contribution in [0.4, 0.5) is 19.0 Å². The minimum absolute atomic E-state index is 0.0474. The molecule has 2 heterocycles. The molecule has 10 heteroatoms. The molecule has 0 unspecified atom stereocenters. The van der Waals surface area contributed by atoms with Crippen molar-refractivity contribution >= 4 is 33.3 Å². The summed E-state index contributed by atoms with van der Waals surface area (Å²) >= 11 is 1.20. The molecule has 1 N–H and O–H groups in total. The standard InChI is InChI=1S/C11H5F3N4O2S/c12-11(13,14)10(19)16-8-7(17-20-18-8)9-15-5-3-1-2-4-6(5)21-9/h1-4H,(H,16,18,19). The number of nitrogens with zero attached hydrogens (tertiary/aromatic N) is 3. The van der Waals surface area contributed by atoms with Gasteiger partial charge < -0.3 is 0 Å². The number of aromatic nitrogens is 3. The van der Waals surface area contributed by atoms with Gasteiger partial charge in [0.25, 0.3) is 0 Å². The molecule has 0 bridgehead atoms. The summed E-state index contributed by atoms with van der Waals surface area (Å²) in [7, 11) is 0. The van der Waals surface area contributed by atoms with Gasteiger partial charge in [0.05, 0.1) is 10.2 Å². The molecule has 1 amide bonds. The highest BCUT2D eigenvalue weighted by Gasteiger charge is 2.40. The number of nitrogens with one attached hydrogen (secondary N) is 1. The van der Waals surface area contributed by atoms with E-state index < -0.39 is 17.9 Å². The third-order valence-electron chi connectivity index (χ3n) is 2.47. The van der Waals surface area contributed by atoms with Gasteiger partial charge in [-0.3, -0.25) is 10.1 Å². The molecule has 0 saturated carbocycles. The van der Waals surface area contributed by atoms with Crippen LogP contribution in [0.2, 0.25) is 0 Å². The Hall–Kier alpha value is -2.49. The highest BCUT2D eigenvalue weighted by atomic mass is 32.1. The number of anilines is 1. The van der Waals surface area contributed by atoms with Crippen molar-refractivity contribution < 1.29 is 22.6 Å². The highest BCUT2D eigenvalue weighted by molar-refractivity contribution is 7.21. The Morgan fingerprint density at radius 1 is 1.24 bits per heavy atom. The minimum atomic E-state index is -5.02. The number of hydrogen-bond donors (Lipinski definition) is 1. The Kier molecular flexibility index (Phi) is 3.09. The zero-order chi connectivity index (χ0) is 15.0. The maximum absolute atomic E-state index is 12.2. The molecule has 2 aromatic heterocycles. The van der Waals surface area contributed by atoms with Crippen molar-refractivity contribution in [1.82, 2.24) is 15.3 Å². The second-order valence-electron chi connectivity index (χ2n) is 3.90. The molecule has 3 rings (SSSR count). The van der Waals surface area contributed by atoms with Gasteiger partial charge in [-0.2, -0.15) is 13.2 Å². The molecule has 0 aliphatic carbocycles. The first kappa shape index (κ1) is 13.5. The lowest BCUT2D eigenvalue weighted by Gasteiger charge is -2.04. The lowest BCUT2D eigenvalue weighted by molar-refractivity contribution is -0.167. The van der Waals surface area contributed by atoms with Gasteiger partial charge in [0.2, 0.25) is 5.82 Å². The van der Waals surface area contributed by atoms with Crippen molar-refractivity contribution in [2.45, 2.75) is 6.18 Å². The fourth-order valence-corrected chi connectivity index (χ4v) is 2.51. The maximum atomic E-state index is 12.2. The summed E-state index contributed by atoms with van der Waals surface area (Å²) in [5.41, 5.74) is 0.613. The van der Waals surface area contributed by atoms with Crippen LogP contribution in [0.15, 0.2) is 28.9 Å². The molecule has 108 valence electrons. The number of carbonyl (C=O) groups excluding carboxylic acids is 1. The lowest BCUT2D eigenvalue weighted by atomic mass is 10.3. The minimum Gasteiger partial charge on any atom is -0.298 e. The number of benzene rings is 1. The quantitative estimate of drug-likeness (QED) is 0.786. The summed E-state index contributed by atoms with van der Waals surface area (Å²) in [4.78, 5) is 15.1. The predicted octanol–water partition coefficient (Wildman–Crippen LogP) is 2.85. The van der Waals surface area contributed by atoms with E-state index in [-0.39, 0.29) is 5.69 Å². The third kappa shape index (κ3) is 2.57. The van der Waals surface area contributed by atoms with E-state index in [1.807, 2.05) is 0 Å². The molecule has 1 aromatic carbocycles. The van der Waals surface area contributed by atoms with Gasteiger partial charge in [0.1, 0.15) is 0 Å². The summed E-state index contributed by atoms with van der Waals surface area (Å²) in [5, 5.41) is 8.67. The molecule has 21 heavy (non-hydrogen) atoms. The molecular formula is C11H5F3N4O2S. The summed E-state index contributed by atoms with van der Waals surface area (Å²) in [6.45, 7) is 0. The van der Waals surface area contributed by atoms with Crippen LogP contribution in [0.5, 0.6) is 0 Å². The largest absolute Gasteiger partial charge is 0.471 e. The van der Waals surface area contributed by atoms with E-state index in [1.54, 1.807) is 29.6 Å². The van der Waals surface area contributed by atoms with Crippen LogP contribution in [0.3, 0.4) is 0 Å². The van der Waals surface area contributed by atoms with Crippen molar-refractivity contribution in [2.75, 3.05) is 5.32 Å². The van der Waals surface area contributed by atoms with Crippen molar-refractivity contribution in [2.24, 2.45) is 0 Å². The SMILES string of the molecule is O=C(Nc1nonc1-c1nc2ccccc2s1)C(F)(F)F. The Bertz CT molecular complexity index is 778. The molecule has 0 saturated heterocycles. The van der Waals surface area contributed by atoms with Crippen LogP contribution >= 0.6 is 11.3 Å². The Morgan fingerprint density at radius 3 is 2.71 bits per heavy atom. The van der Waals surface area contributed by atoms with E-state index in [0.29, 0.717) is 10.5 Å². The average molecular weight is 314 g/mol. The van der Waals surface area contributed by atoms with Gasteiger partial charge in [-0.25, -0.2) is 9.61 Å². The first-order valence-electron chi connectivity index (χ1n) is 5.52. The summed E-state index contributed by atoms with van der Waals surface area (Å²) < 4.78 is 41.9. The van der Waals surface area contributed by atoms with Gasteiger partial charge in [-0.05, 0) is 22.4 Å². The Morgan fingerprint density at radius 2 is 2.00 bits per heavy atom. The number of amides is 1. The molecule has 6 nitrogen and oxygen atoms in total. The van der Waals surface area contributed by atoms with Gasteiger partial charge >= 0.3 is 12.1 Å².